The third-order valence-electron chi connectivity index (χ3n) is 11.9. The van der Waals surface area contributed by atoms with Gasteiger partial charge in [0.15, 0.2) is 21.2 Å². The van der Waals surface area contributed by atoms with E-state index in [1.807, 2.05) is 32.0 Å². The molecule has 0 bridgehead atoms. The Morgan fingerprint density at radius 2 is 1.76 bits per heavy atom. The molecule has 0 radical (unpaired) electrons. The molecule has 2 heterocycles. The highest BCUT2D eigenvalue weighted by molar-refractivity contribution is 14.1. The minimum absolute atomic E-state index is 0.0230. The fourth-order valence-corrected chi connectivity index (χ4v) is 11.5. The molecule has 1 aromatic carbocycles. The van der Waals surface area contributed by atoms with Crippen LogP contribution in [0.15, 0.2) is 30.6 Å². The summed E-state index contributed by atoms with van der Waals surface area (Å²) in [6.07, 6.45) is 10.2. The average molecular weight is 1090 g/mol. The van der Waals surface area contributed by atoms with Crippen LogP contribution in [0.4, 0.5) is 5.69 Å². The topological polar surface area (TPSA) is 113 Å². The van der Waals surface area contributed by atoms with E-state index in [2.05, 4.69) is 75.8 Å². The molecule has 2 aromatic rings. The highest BCUT2D eigenvalue weighted by Gasteiger charge is 2.60. The summed E-state index contributed by atoms with van der Waals surface area (Å²) in [5.74, 6) is -0.465. The maximum Gasteiger partial charge on any atom is 0.320 e. The number of carbonyl (C=O) groups is 3. The molecule has 2 fully saturated rings. The van der Waals surface area contributed by atoms with Crippen molar-refractivity contribution < 1.29 is 38.1 Å². The zero-order chi connectivity index (χ0) is 42.9. The maximum atomic E-state index is 13.9. The number of cyclic esters (lactones) is 1. The number of alkyl halides is 2. The van der Waals surface area contributed by atoms with Crippen molar-refractivity contribution in [3.05, 3.63) is 46.2 Å². The van der Waals surface area contributed by atoms with Crippen LogP contribution in [0.1, 0.15) is 99.0 Å². The normalized spacial score (nSPS) is 23.3. The molecule has 15 heteroatoms. The first-order valence-electron chi connectivity index (χ1n) is 20.2. The van der Waals surface area contributed by atoms with Gasteiger partial charge in [-0.15, -0.1) is 11.8 Å². The lowest BCUT2D eigenvalue weighted by molar-refractivity contribution is -0.169. The van der Waals surface area contributed by atoms with Crippen LogP contribution in [0.2, 0.25) is 10.0 Å². The number of thioether (sulfide) groups is 1. The van der Waals surface area contributed by atoms with Crippen molar-refractivity contribution in [1.29, 1.82) is 0 Å². The second-order valence-corrected chi connectivity index (χ2v) is 20.9. The van der Waals surface area contributed by atoms with Gasteiger partial charge in [-0.2, -0.15) is 0 Å². The van der Waals surface area contributed by atoms with Gasteiger partial charge in [0.05, 0.1) is 34.8 Å². The largest absolute Gasteiger partial charge is 0.493 e. The van der Waals surface area contributed by atoms with Crippen LogP contribution >= 0.6 is 80.1 Å². The van der Waals surface area contributed by atoms with Gasteiger partial charge in [0, 0.05) is 71.4 Å². The van der Waals surface area contributed by atoms with Crippen molar-refractivity contribution in [3.63, 3.8) is 0 Å². The summed E-state index contributed by atoms with van der Waals surface area (Å²) in [6.45, 7) is 14.2. The van der Waals surface area contributed by atoms with Gasteiger partial charge < -0.3 is 28.6 Å². The maximum absolute atomic E-state index is 13.9. The molecule has 0 N–H and O–H groups in total. The quantitative estimate of drug-likeness (QED) is 0.0638. The predicted molar refractivity (Wildman–Crippen MR) is 250 cm³/mol. The van der Waals surface area contributed by atoms with E-state index in [1.54, 1.807) is 33.5 Å². The van der Waals surface area contributed by atoms with E-state index in [-0.39, 0.29) is 33.3 Å². The molecule has 2 aliphatic rings. The van der Waals surface area contributed by atoms with Gasteiger partial charge in [0.1, 0.15) is 11.0 Å². The molecule has 4 rings (SSSR count). The molecule has 10 nitrogen and oxygen atoms in total. The second-order valence-electron chi connectivity index (χ2n) is 16.3. The summed E-state index contributed by atoms with van der Waals surface area (Å²) < 4.78 is 29.4. The van der Waals surface area contributed by atoms with Gasteiger partial charge in [-0.25, -0.2) is 0 Å². The molecule has 324 valence electrons. The van der Waals surface area contributed by atoms with Crippen molar-refractivity contribution in [2.75, 3.05) is 31.4 Å². The first kappa shape index (κ1) is 49.4. The summed E-state index contributed by atoms with van der Waals surface area (Å²) in [5.41, 5.74) is 0.0459. The Kier molecular flexibility index (Phi) is 18.9. The first-order chi connectivity index (χ1) is 27.4. The molecular weight excluding hydrogens is 1030 g/mol. The minimum atomic E-state index is -1.25. The molecule has 58 heavy (non-hydrogen) atoms. The van der Waals surface area contributed by atoms with Crippen molar-refractivity contribution in [2.24, 2.45) is 23.7 Å². The lowest BCUT2D eigenvalue weighted by Gasteiger charge is -2.38. The smallest absolute Gasteiger partial charge is 0.320 e. The average Bonchev–Trinajstić information content (AvgIpc) is 3.79. The number of hydrogen-bond donors (Lipinski definition) is 0. The monoisotopic (exact) mass is 1090 g/mol. The Morgan fingerprint density at radius 1 is 1.10 bits per heavy atom. The van der Waals surface area contributed by atoms with Gasteiger partial charge in [0.25, 0.3) is 0 Å². The van der Waals surface area contributed by atoms with Gasteiger partial charge in [-0.3, -0.25) is 19.4 Å². The Balaban J connectivity index is 1.55. The third-order valence-corrected chi connectivity index (χ3v) is 17.6. The summed E-state index contributed by atoms with van der Waals surface area (Å²) in [4.78, 5) is 46.9. The number of esters is 2. The number of nitrogens with zero attached hydrogens (tertiary/aromatic N) is 2. The molecule has 9 atom stereocenters. The SMILES string of the molecule is CCC[C@](C)(C[C@@H](C)C(I)[C@@H](C)C(=O)O[C@H](I)[C@@]1(C)OC(=O)[C@@H](SCCN(Cc2c(Cl)cncc2Cl)c2ccc(OC)c(OC3CCCC3)c2)[C@@H]1[C@@H](C)C(C)=O)OC. The van der Waals surface area contributed by atoms with Crippen LogP contribution < -0.4 is 14.4 Å². The van der Waals surface area contributed by atoms with Gasteiger partial charge in [-0.05, 0) is 99.9 Å². The highest BCUT2D eigenvalue weighted by atomic mass is 127. The van der Waals surface area contributed by atoms with E-state index >= 15 is 0 Å². The number of benzene rings is 1. The number of ether oxygens (including phenoxy) is 5. The lowest BCUT2D eigenvalue weighted by Crippen LogP contribution is -2.49. The zero-order valence-electron chi connectivity index (χ0n) is 35.2. The molecule has 1 aliphatic carbocycles. The van der Waals surface area contributed by atoms with Crippen LogP contribution in [0.25, 0.3) is 0 Å². The van der Waals surface area contributed by atoms with Gasteiger partial charge >= 0.3 is 11.9 Å². The predicted octanol–water partition coefficient (Wildman–Crippen LogP) is 11.0. The molecule has 1 unspecified atom stereocenters. The van der Waals surface area contributed by atoms with Crippen LogP contribution in [0, 0.1) is 23.7 Å². The molecule has 1 aliphatic heterocycles. The summed E-state index contributed by atoms with van der Waals surface area (Å²) >= 11 is 19.1. The summed E-state index contributed by atoms with van der Waals surface area (Å²) in [5, 5.41) is 0.195. The van der Waals surface area contributed by atoms with E-state index in [4.69, 9.17) is 46.9 Å². The molecule has 1 saturated heterocycles. The van der Waals surface area contributed by atoms with E-state index in [9.17, 15) is 14.4 Å². The van der Waals surface area contributed by atoms with Crippen LogP contribution in [0.5, 0.6) is 11.5 Å². The van der Waals surface area contributed by atoms with Crippen molar-refractivity contribution in [2.45, 2.75) is 131 Å². The van der Waals surface area contributed by atoms with Crippen molar-refractivity contribution in [3.8, 4) is 11.5 Å². The van der Waals surface area contributed by atoms with Crippen molar-refractivity contribution >= 4 is 104 Å². The van der Waals surface area contributed by atoms with E-state index in [0.717, 1.165) is 50.6 Å². The second kappa shape index (κ2) is 22.2. The number of ketones is 1. The molecule has 1 saturated carbocycles. The number of methoxy groups -OCH3 is 2. The molecular formula is C43H60Cl2I2N2O8S. The molecule has 0 amide bonds. The van der Waals surface area contributed by atoms with Crippen LogP contribution in [-0.2, 0) is 35.1 Å². The zero-order valence-corrected chi connectivity index (χ0v) is 41.8. The number of halogens is 4. The number of pyridine rings is 1. The number of hydrogen-bond acceptors (Lipinski definition) is 11. The van der Waals surface area contributed by atoms with E-state index < -0.39 is 38.7 Å². The summed E-state index contributed by atoms with van der Waals surface area (Å²) in [6, 6.07) is 5.84. The van der Waals surface area contributed by atoms with Gasteiger partial charge in [-0.1, -0.05) is 79.9 Å². The van der Waals surface area contributed by atoms with Crippen LogP contribution in [0.3, 0.4) is 0 Å². The number of rotatable bonds is 22. The third kappa shape index (κ3) is 12.2. The Morgan fingerprint density at radius 3 is 2.34 bits per heavy atom. The first-order valence-corrected chi connectivity index (χ1v) is 24.4. The molecule has 0 spiro atoms. The number of carbonyl (C=O) groups excluding carboxylic acids is 3. The number of Topliss-reactive ketones (excluding diaryl/α,β-unsaturated/α-hetero) is 1. The van der Waals surface area contributed by atoms with Crippen molar-refractivity contribution in [1.82, 2.24) is 4.98 Å². The van der Waals surface area contributed by atoms with E-state index in [0.29, 0.717) is 46.0 Å². The molecule has 1 aromatic heterocycles. The Labute approximate surface area is 386 Å². The van der Waals surface area contributed by atoms with E-state index in [1.165, 1.54) is 18.7 Å². The fourth-order valence-electron chi connectivity index (χ4n) is 8.24. The summed E-state index contributed by atoms with van der Waals surface area (Å²) in [7, 11) is 3.37. The van der Waals surface area contributed by atoms with Crippen LogP contribution in [-0.4, -0.2) is 79.8 Å². The lowest BCUT2D eigenvalue weighted by atomic mass is 9.78. The standard InChI is InChI=1S/C43H60Cl2I2N2O8S/c1-10-17-42(6,54-9)21-25(2)37(46)27(4)39(51)56-41(47)43(7)36(26(3)28(5)50)38(40(52)57-43)58-19-18-49(24-31-32(44)22-48-23-33(31)45)29-15-16-34(53-8)35(20-29)55-30-13-11-12-14-30/h15-16,20,22-23,25-27,30,36-38,41H,10-14,17-19,21,24H2,1-9H3/t25-,26+,27-,36+,37?,38+,41+,42-,43+/m1/s1. The highest BCUT2D eigenvalue weighted by Crippen LogP contribution is 2.49. The number of anilines is 1. The van der Waals surface area contributed by atoms with Gasteiger partial charge in [0.2, 0.25) is 0 Å². The Hall–Kier alpha value is -1.27. The fraction of sp³-hybridized carbons (Fsp3) is 0.674. The number of aromatic nitrogens is 1. The minimum Gasteiger partial charge on any atom is -0.493 e. The Bertz CT molecular complexity index is 1700.